The lowest BCUT2D eigenvalue weighted by atomic mass is 9.86. The minimum absolute atomic E-state index is 0.414. The van der Waals surface area contributed by atoms with Crippen molar-refractivity contribution < 1.29 is 0 Å². The third-order valence-corrected chi connectivity index (χ3v) is 5.55. The lowest BCUT2D eigenvalue weighted by Gasteiger charge is -2.23. The number of hydrogen-bond acceptors (Lipinski definition) is 1. The molecule has 3 rings (SSSR count). The van der Waals surface area contributed by atoms with Crippen molar-refractivity contribution >= 4 is 11.8 Å². The van der Waals surface area contributed by atoms with Crippen LogP contribution in [0.5, 0.6) is 0 Å². The van der Waals surface area contributed by atoms with Crippen molar-refractivity contribution in [3.05, 3.63) is 101 Å². The van der Waals surface area contributed by atoms with Gasteiger partial charge in [0.25, 0.3) is 0 Å². The highest BCUT2D eigenvalue weighted by Crippen LogP contribution is 2.35. The van der Waals surface area contributed by atoms with Gasteiger partial charge in [-0.25, -0.2) is 0 Å². The van der Waals surface area contributed by atoms with Crippen molar-refractivity contribution in [2.75, 3.05) is 5.75 Å². The van der Waals surface area contributed by atoms with Crippen LogP contribution in [0.4, 0.5) is 0 Å². The summed E-state index contributed by atoms with van der Waals surface area (Å²) in [5.74, 6) is 1.47. The third-order valence-electron chi connectivity index (χ3n) is 4.45. The van der Waals surface area contributed by atoms with E-state index in [1.54, 1.807) is 0 Å². The third kappa shape index (κ3) is 3.91. The maximum absolute atomic E-state index is 2.31. The molecule has 0 aliphatic rings. The zero-order chi connectivity index (χ0) is 16.9. The first kappa shape index (κ1) is 16.9. The zero-order valence-electron chi connectivity index (χ0n) is 14.6. The molecule has 3 aromatic carbocycles. The molecule has 1 atom stereocenters. The van der Waals surface area contributed by atoms with Crippen molar-refractivity contribution in [2.45, 2.75) is 31.6 Å². The van der Waals surface area contributed by atoms with Crippen LogP contribution in [0.15, 0.2) is 77.7 Å². The quantitative estimate of drug-likeness (QED) is 0.478. The van der Waals surface area contributed by atoms with Gasteiger partial charge in [0.15, 0.2) is 0 Å². The summed E-state index contributed by atoms with van der Waals surface area (Å²) in [6, 6.07) is 26.2. The van der Waals surface area contributed by atoms with E-state index in [4.69, 9.17) is 0 Å². The monoisotopic (exact) mass is 332 g/mol. The van der Waals surface area contributed by atoms with Crippen molar-refractivity contribution in [3.63, 3.8) is 0 Å². The standard InChI is InChI=1S/C23H24S/c1-17-14-18(2)23(19(3)15-17)22(20-10-6-4-7-11-20)16-24-21-12-8-5-9-13-21/h4-15,22H,16H2,1-3H3/t22-/m0/s1. The molecule has 1 heteroatoms. The molecule has 0 spiro atoms. The topological polar surface area (TPSA) is 0 Å². The number of aryl methyl sites for hydroxylation is 3. The number of benzene rings is 3. The fourth-order valence-corrected chi connectivity index (χ4v) is 4.54. The zero-order valence-corrected chi connectivity index (χ0v) is 15.4. The van der Waals surface area contributed by atoms with E-state index in [-0.39, 0.29) is 0 Å². The molecule has 0 aliphatic heterocycles. The lowest BCUT2D eigenvalue weighted by molar-refractivity contribution is 0.908. The fraction of sp³-hybridized carbons (Fsp3) is 0.217. The van der Waals surface area contributed by atoms with E-state index in [2.05, 4.69) is 93.6 Å². The van der Waals surface area contributed by atoms with Gasteiger partial charge >= 0.3 is 0 Å². The molecular weight excluding hydrogens is 308 g/mol. The van der Waals surface area contributed by atoms with Gasteiger partial charge in [-0.05, 0) is 55.2 Å². The van der Waals surface area contributed by atoms with Crippen molar-refractivity contribution in [1.82, 2.24) is 0 Å². The first-order valence-electron chi connectivity index (χ1n) is 8.45. The molecule has 0 nitrogen and oxygen atoms in total. The molecule has 122 valence electrons. The van der Waals surface area contributed by atoms with Gasteiger partial charge in [0.05, 0.1) is 0 Å². The van der Waals surface area contributed by atoms with Crippen LogP contribution in [0.1, 0.15) is 33.7 Å². The summed E-state index contributed by atoms with van der Waals surface area (Å²) in [7, 11) is 0. The van der Waals surface area contributed by atoms with Crippen molar-refractivity contribution in [2.24, 2.45) is 0 Å². The van der Waals surface area contributed by atoms with Crippen LogP contribution in [0, 0.1) is 20.8 Å². The Balaban J connectivity index is 1.97. The predicted octanol–water partition coefficient (Wildman–Crippen LogP) is 6.54. The highest BCUT2D eigenvalue weighted by Gasteiger charge is 2.19. The summed E-state index contributed by atoms with van der Waals surface area (Å²) in [5.41, 5.74) is 7.02. The average molecular weight is 333 g/mol. The number of rotatable bonds is 5. The Morgan fingerprint density at radius 1 is 0.750 bits per heavy atom. The Morgan fingerprint density at radius 2 is 1.29 bits per heavy atom. The van der Waals surface area contributed by atoms with Crippen LogP contribution in [0.3, 0.4) is 0 Å². The molecule has 0 saturated heterocycles. The first-order valence-corrected chi connectivity index (χ1v) is 9.44. The second-order valence-electron chi connectivity index (χ2n) is 6.40. The molecule has 0 bridgehead atoms. The normalized spacial score (nSPS) is 12.1. The van der Waals surface area contributed by atoms with Crippen LogP contribution in [0.2, 0.25) is 0 Å². The van der Waals surface area contributed by atoms with E-state index >= 15 is 0 Å². The second kappa shape index (κ2) is 7.72. The van der Waals surface area contributed by atoms with Gasteiger partial charge in [-0.3, -0.25) is 0 Å². The van der Waals surface area contributed by atoms with Crippen LogP contribution in [0.25, 0.3) is 0 Å². The molecular formula is C23H24S. The smallest absolute Gasteiger partial charge is 0.0189 e. The van der Waals surface area contributed by atoms with E-state index in [0.717, 1.165) is 5.75 Å². The number of thioether (sulfide) groups is 1. The molecule has 0 fully saturated rings. The Hall–Kier alpha value is -1.99. The average Bonchev–Trinajstić information content (AvgIpc) is 2.58. The molecule has 0 saturated carbocycles. The summed E-state index contributed by atoms with van der Waals surface area (Å²) < 4.78 is 0. The molecule has 0 unspecified atom stereocenters. The van der Waals surface area contributed by atoms with Crippen molar-refractivity contribution in [1.29, 1.82) is 0 Å². The molecule has 0 aromatic heterocycles. The summed E-state index contributed by atoms with van der Waals surface area (Å²) in [5, 5.41) is 0. The van der Waals surface area contributed by atoms with Crippen molar-refractivity contribution in [3.8, 4) is 0 Å². The van der Waals surface area contributed by atoms with Crippen LogP contribution in [-0.4, -0.2) is 5.75 Å². The molecule has 0 heterocycles. The highest BCUT2D eigenvalue weighted by atomic mass is 32.2. The van der Waals surface area contributed by atoms with Gasteiger partial charge in [0, 0.05) is 16.6 Å². The fourth-order valence-electron chi connectivity index (χ4n) is 3.47. The predicted molar refractivity (Wildman–Crippen MR) is 106 cm³/mol. The van der Waals surface area contributed by atoms with Crippen LogP contribution in [-0.2, 0) is 0 Å². The summed E-state index contributed by atoms with van der Waals surface area (Å²) >= 11 is 1.94. The Kier molecular flexibility index (Phi) is 5.42. The van der Waals surface area contributed by atoms with Gasteiger partial charge in [-0.1, -0.05) is 66.2 Å². The van der Waals surface area contributed by atoms with Gasteiger partial charge in [-0.15, -0.1) is 11.8 Å². The molecule has 3 aromatic rings. The van der Waals surface area contributed by atoms with Crippen LogP contribution < -0.4 is 0 Å². The highest BCUT2D eigenvalue weighted by molar-refractivity contribution is 7.99. The molecule has 24 heavy (non-hydrogen) atoms. The van der Waals surface area contributed by atoms with E-state index in [9.17, 15) is 0 Å². The second-order valence-corrected chi connectivity index (χ2v) is 7.49. The number of hydrogen-bond donors (Lipinski definition) is 0. The minimum atomic E-state index is 0.414. The Labute approximate surface area is 149 Å². The summed E-state index contributed by atoms with van der Waals surface area (Å²) in [4.78, 5) is 1.33. The summed E-state index contributed by atoms with van der Waals surface area (Å²) in [6.45, 7) is 6.68. The van der Waals surface area contributed by atoms with Gasteiger partial charge in [0.2, 0.25) is 0 Å². The van der Waals surface area contributed by atoms with Gasteiger partial charge in [0.1, 0.15) is 0 Å². The van der Waals surface area contributed by atoms with E-state index in [0.29, 0.717) is 5.92 Å². The maximum Gasteiger partial charge on any atom is 0.0189 e. The van der Waals surface area contributed by atoms with E-state index in [1.165, 1.54) is 32.7 Å². The molecule has 0 amide bonds. The minimum Gasteiger partial charge on any atom is -0.125 e. The van der Waals surface area contributed by atoms with E-state index < -0.39 is 0 Å². The Morgan fingerprint density at radius 3 is 1.88 bits per heavy atom. The molecule has 0 N–H and O–H groups in total. The maximum atomic E-state index is 2.31. The summed E-state index contributed by atoms with van der Waals surface area (Å²) in [6.07, 6.45) is 0. The first-order chi connectivity index (χ1) is 11.6. The Bertz CT molecular complexity index is 768. The van der Waals surface area contributed by atoms with E-state index in [1.807, 2.05) is 11.8 Å². The largest absolute Gasteiger partial charge is 0.125 e. The SMILES string of the molecule is Cc1cc(C)c([C@@H](CSc2ccccc2)c2ccccc2)c(C)c1. The molecule has 0 aliphatic carbocycles. The lowest BCUT2D eigenvalue weighted by Crippen LogP contribution is -2.09. The van der Waals surface area contributed by atoms with Crippen LogP contribution >= 0.6 is 11.8 Å². The van der Waals surface area contributed by atoms with Gasteiger partial charge < -0.3 is 0 Å². The van der Waals surface area contributed by atoms with Gasteiger partial charge in [-0.2, -0.15) is 0 Å². The molecule has 0 radical (unpaired) electrons.